The van der Waals surface area contributed by atoms with Crippen LogP contribution in [0.4, 0.5) is 10.1 Å². The molecule has 0 aliphatic carbocycles. The molecular weight excluding hydrogens is 251 g/mol. The van der Waals surface area contributed by atoms with Gasteiger partial charge < -0.3 is 5.73 Å². The fourth-order valence-electron chi connectivity index (χ4n) is 2.23. The van der Waals surface area contributed by atoms with Crippen LogP contribution >= 0.6 is 0 Å². The minimum atomic E-state index is -0.293. The summed E-state index contributed by atoms with van der Waals surface area (Å²) in [6.45, 7) is 6.21. The van der Waals surface area contributed by atoms with E-state index in [2.05, 4.69) is 26.8 Å². The Morgan fingerprint density at radius 2 is 1.70 bits per heavy atom. The normalized spacial score (nSPS) is 11.2. The monoisotopic (exact) mass is 268 g/mol. The Morgan fingerprint density at radius 1 is 1.10 bits per heavy atom. The van der Waals surface area contributed by atoms with E-state index in [1.807, 2.05) is 6.07 Å². The molecule has 0 amide bonds. The van der Waals surface area contributed by atoms with Gasteiger partial charge in [0, 0.05) is 5.69 Å². The molecular formula is C17H17FN2. The third kappa shape index (κ3) is 2.65. The van der Waals surface area contributed by atoms with Crippen LogP contribution in [0.3, 0.4) is 0 Å². The van der Waals surface area contributed by atoms with Gasteiger partial charge in [0.15, 0.2) is 0 Å². The average molecular weight is 268 g/mol. The SMILES string of the molecule is CC(C)(C)c1cc(-c2ccc(F)cc2)c(C#N)cc1N. The number of rotatable bonds is 1. The maximum atomic E-state index is 13.0. The Morgan fingerprint density at radius 3 is 2.20 bits per heavy atom. The lowest BCUT2D eigenvalue weighted by Crippen LogP contribution is -2.14. The van der Waals surface area contributed by atoms with Crippen molar-refractivity contribution >= 4 is 5.69 Å². The Bertz CT molecular complexity index is 674. The largest absolute Gasteiger partial charge is 0.398 e. The zero-order valence-electron chi connectivity index (χ0n) is 11.9. The molecule has 20 heavy (non-hydrogen) atoms. The topological polar surface area (TPSA) is 49.8 Å². The highest BCUT2D eigenvalue weighted by molar-refractivity contribution is 5.75. The second-order valence-electron chi connectivity index (χ2n) is 5.85. The molecule has 0 unspecified atom stereocenters. The smallest absolute Gasteiger partial charge is 0.123 e. The predicted molar refractivity (Wildman–Crippen MR) is 79.7 cm³/mol. The number of benzene rings is 2. The van der Waals surface area contributed by atoms with Gasteiger partial charge in [-0.1, -0.05) is 32.9 Å². The van der Waals surface area contributed by atoms with E-state index in [9.17, 15) is 9.65 Å². The number of nitriles is 1. The zero-order chi connectivity index (χ0) is 14.9. The third-order valence-electron chi connectivity index (χ3n) is 3.27. The van der Waals surface area contributed by atoms with Gasteiger partial charge in [0.2, 0.25) is 0 Å². The molecule has 0 radical (unpaired) electrons. The molecule has 2 aromatic rings. The molecule has 0 aliphatic rings. The number of hydrogen-bond acceptors (Lipinski definition) is 2. The molecule has 2 aromatic carbocycles. The second kappa shape index (κ2) is 4.97. The maximum absolute atomic E-state index is 13.0. The summed E-state index contributed by atoms with van der Waals surface area (Å²) >= 11 is 0. The molecule has 2 nitrogen and oxygen atoms in total. The summed E-state index contributed by atoms with van der Waals surface area (Å²) in [5, 5.41) is 9.27. The maximum Gasteiger partial charge on any atom is 0.123 e. The first kappa shape index (κ1) is 14.1. The van der Waals surface area contributed by atoms with Crippen molar-refractivity contribution in [3.8, 4) is 17.2 Å². The second-order valence-corrected chi connectivity index (χ2v) is 5.85. The molecule has 0 saturated heterocycles. The van der Waals surface area contributed by atoms with Gasteiger partial charge in [-0.2, -0.15) is 5.26 Å². The van der Waals surface area contributed by atoms with Crippen LogP contribution in [-0.4, -0.2) is 0 Å². The van der Waals surface area contributed by atoms with Gasteiger partial charge in [-0.3, -0.25) is 0 Å². The van der Waals surface area contributed by atoms with E-state index in [1.54, 1.807) is 18.2 Å². The van der Waals surface area contributed by atoms with E-state index in [4.69, 9.17) is 5.73 Å². The van der Waals surface area contributed by atoms with Gasteiger partial charge in [0.05, 0.1) is 11.6 Å². The lowest BCUT2D eigenvalue weighted by atomic mass is 9.83. The summed E-state index contributed by atoms with van der Waals surface area (Å²) in [4.78, 5) is 0. The molecule has 0 aliphatic heterocycles. The van der Waals surface area contributed by atoms with Crippen molar-refractivity contribution in [1.29, 1.82) is 5.26 Å². The highest BCUT2D eigenvalue weighted by Gasteiger charge is 2.19. The van der Waals surface area contributed by atoms with Crippen molar-refractivity contribution in [2.45, 2.75) is 26.2 Å². The van der Waals surface area contributed by atoms with Gasteiger partial charge in [-0.05, 0) is 46.4 Å². The molecule has 0 saturated carbocycles. The molecule has 0 spiro atoms. The molecule has 2 rings (SSSR count). The Hall–Kier alpha value is -2.34. The third-order valence-corrected chi connectivity index (χ3v) is 3.27. The minimum absolute atomic E-state index is 0.118. The molecule has 102 valence electrons. The van der Waals surface area contributed by atoms with E-state index in [0.29, 0.717) is 11.3 Å². The van der Waals surface area contributed by atoms with Crippen molar-refractivity contribution in [2.24, 2.45) is 0 Å². The highest BCUT2D eigenvalue weighted by atomic mass is 19.1. The lowest BCUT2D eigenvalue weighted by molar-refractivity contribution is 0.593. The van der Waals surface area contributed by atoms with Gasteiger partial charge in [0.1, 0.15) is 5.82 Å². The summed E-state index contributed by atoms with van der Waals surface area (Å²) < 4.78 is 13.0. The first-order chi connectivity index (χ1) is 9.32. The Labute approximate surface area is 118 Å². The first-order valence-electron chi connectivity index (χ1n) is 6.43. The van der Waals surface area contributed by atoms with Crippen LogP contribution < -0.4 is 5.73 Å². The average Bonchev–Trinajstić information content (AvgIpc) is 2.38. The number of halogens is 1. The van der Waals surface area contributed by atoms with Crippen molar-refractivity contribution in [1.82, 2.24) is 0 Å². The summed E-state index contributed by atoms with van der Waals surface area (Å²) in [5.41, 5.74) is 9.62. The fraction of sp³-hybridized carbons (Fsp3) is 0.235. The van der Waals surface area contributed by atoms with Crippen LogP contribution in [0, 0.1) is 17.1 Å². The summed E-state index contributed by atoms with van der Waals surface area (Å²) in [6.07, 6.45) is 0. The number of anilines is 1. The molecule has 2 N–H and O–H groups in total. The summed E-state index contributed by atoms with van der Waals surface area (Å²) in [6, 6.07) is 11.9. The zero-order valence-corrected chi connectivity index (χ0v) is 11.9. The van der Waals surface area contributed by atoms with Crippen molar-refractivity contribution < 1.29 is 4.39 Å². The van der Waals surface area contributed by atoms with Crippen LogP contribution in [0.25, 0.3) is 11.1 Å². The van der Waals surface area contributed by atoms with Crippen molar-refractivity contribution in [3.63, 3.8) is 0 Å². The van der Waals surface area contributed by atoms with Crippen molar-refractivity contribution in [2.75, 3.05) is 5.73 Å². The van der Waals surface area contributed by atoms with E-state index in [-0.39, 0.29) is 11.2 Å². The molecule has 0 bridgehead atoms. The van der Waals surface area contributed by atoms with E-state index in [0.717, 1.165) is 16.7 Å². The van der Waals surface area contributed by atoms with Crippen LogP contribution in [0.5, 0.6) is 0 Å². The first-order valence-corrected chi connectivity index (χ1v) is 6.43. The van der Waals surface area contributed by atoms with Crippen molar-refractivity contribution in [3.05, 3.63) is 53.3 Å². The van der Waals surface area contributed by atoms with Crippen LogP contribution in [0.15, 0.2) is 36.4 Å². The summed E-state index contributed by atoms with van der Waals surface area (Å²) in [7, 11) is 0. The van der Waals surface area contributed by atoms with Crippen LogP contribution in [0.1, 0.15) is 31.9 Å². The van der Waals surface area contributed by atoms with E-state index < -0.39 is 0 Å². The van der Waals surface area contributed by atoms with Gasteiger partial charge >= 0.3 is 0 Å². The molecule has 0 atom stereocenters. The lowest BCUT2D eigenvalue weighted by Gasteiger charge is -2.23. The number of nitrogens with zero attached hydrogens (tertiary/aromatic N) is 1. The van der Waals surface area contributed by atoms with Crippen LogP contribution in [-0.2, 0) is 5.41 Å². The standard InChI is InChI=1S/C17H17FN2/c1-17(2,3)15-9-14(12(10-19)8-16(15)20)11-4-6-13(18)7-5-11/h4-9H,20H2,1-3H3. The molecule has 0 fully saturated rings. The Kier molecular flexibility index (Phi) is 3.50. The van der Waals surface area contributed by atoms with Crippen LogP contribution in [0.2, 0.25) is 0 Å². The molecule has 3 heteroatoms. The van der Waals surface area contributed by atoms with Gasteiger partial charge in [-0.15, -0.1) is 0 Å². The Balaban J connectivity index is 2.68. The quantitative estimate of drug-likeness (QED) is 0.786. The van der Waals surface area contributed by atoms with Gasteiger partial charge in [0.25, 0.3) is 0 Å². The number of nitrogens with two attached hydrogens (primary N) is 1. The fourth-order valence-corrected chi connectivity index (χ4v) is 2.23. The minimum Gasteiger partial charge on any atom is -0.398 e. The van der Waals surface area contributed by atoms with Gasteiger partial charge in [-0.25, -0.2) is 4.39 Å². The summed E-state index contributed by atoms with van der Waals surface area (Å²) in [5.74, 6) is -0.293. The van der Waals surface area contributed by atoms with E-state index >= 15 is 0 Å². The number of hydrogen-bond donors (Lipinski definition) is 1. The number of nitrogen functional groups attached to an aromatic ring is 1. The molecule has 0 aromatic heterocycles. The highest BCUT2D eigenvalue weighted by Crippen LogP contribution is 2.34. The van der Waals surface area contributed by atoms with E-state index in [1.165, 1.54) is 12.1 Å². The predicted octanol–water partition coefficient (Wildman–Crippen LogP) is 4.24. The molecule has 0 heterocycles.